The number of halogens is 3. The molecule has 0 bridgehead atoms. The molecule has 2 aromatic rings. The molecular weight excluding hydrogens is 350 g/mol. The van der Waals surface area contributed by atoms with Crippen LogP contribution in [-0.4, -0.2) is 4.98 Å². The van der Waals surface area contributed by atoms with E-state index in [9.17, 15) is 0 Å². The monoisotopic (exact) mass is 351 g/mol. The summed E-state index contributed by atoms with van der Waals surface area (Å²) in [4.78, 5) is 3.16. The number of fused-ring (bicyclic) bond motifs is 1. The average Bonchev–Trinajstić information content (AvgIpc) is 2.48. The number of aromatic nitrogens is 1. The van der Waals surface area contributed by atoms with Gasteiger partial charge in [-0.05, 0) is 59.9 Å². The summed E-state index contributed by atoms with van der Waals surface area (Å²) in [6.07, 6.45) is 1.92. The van der Waals surface area contributed by atoms with E-state index < -0.39 is 0 Å². The molecule has 62 valence electrons. The summed E-state index contributed by atoms with van der Waals surface area (Å²) in [5.74, 6) is 0. The van der Waals surface area contributed by atoms with E-state index in [1.54, 1.807) is 0 Å². The van der Waals surface area contributed by atoms with Crippen molar-refractivity contribution in [2.75, 3.05) is 0 Å². The Bertz CT molecular complexity index is 433. The molecule has 0 amide bonds. The molecule has 0 aliphatic heterocycles. The highest BCUT2D eigenvalue weighted by Gasteiger charge is 2.07. The third-order valence-corrected chi connectivity index (χ3v) is 4.99. The molecule has 0 aliphatic rings. The Hall–Kier alpha value is 0.200. The lowest BCUT2D eigenvalue weighted by molar-refractivity contribution is 1.45. The Morgan fingerprint density at radius 2 is 1.83 bits per heavy atom. The standard InChI is InChI=1S/C8H4Br3N/c9-5-3-4-1-2-12-8(4)7(11)6(5)10/h1-3,12H. The van der Waals surface area contributed by atoms with Crippen LogP contribution in [0.15, 0.2) is 31.7 Å². The summed E-state index contributed by atoms with van der Waals surface area (Å²) in [5, 5.41) is 1.19. The van der Waals surface area contributed by atoms with E-state index in [-0.39, 0.29) is 0 Å². The molecule has 1 aromatic carbocycles. The molecule has 0 atom stereocenters. The maximum atomic E-state index is 3.50. The fraction of sp³-hybridized carbons (Fsp3) is 0. The molecule has 12 heavy (non-hydrogen) atoms. The van der Waals surface area contributed by atoms with Gasteiger partial charge in [0.1, 0.15) is 0 Å². The second-order valence-electron chi connectivity index (χ2n) is 2.43. The van der Waals surface area contributed by atoms with E-state index in [4.69, 9.17) is 0 Å². The topological polar surface area (TPSA) is 15.8 Å². The lowest BCUT2D eigenvalue weighted by atomic mass is 10.2. The number of aromatic amines is 1. The van der Waals surface area contributed by atoms with Gasteiger partial charge in [0.2, 0.25) is 0 Å². The van der Waals surface area contributed by atoms with Crippen molar-refractivity contribution < 1.29 is 0 Å². The molecule has 0 fully saturated rings. The fourth-order valence-corrected chi connectivity index (χ4v) is 2.69. The van der Waals surface area contributed by atoms with Crippen LogP contribution in [0.25, 0.3) is 10.9 Å². The van der Waals surface area contributed by atoms with E-state index in [1.165, 1.54) is 5.39 Å². The van der Waals surface area contributed by atoms with Gasteiger partial charge in [0.05, 0.1) is 9.99 Å². The van der Waals surface area contributed by atoms with Gasteiger partial charge in [-0.15, -0.1) is 0 Å². The fourth-order valence-electron chi connectivity index (χ4n) is 1.11. The van der Waals surface area contributed by atoms with Gasteiger partial charge in [-0.25, -0.2) is 0 Å². The maximum absolute atomic E-state index is 3.50. The number of hydrogen-bond donors (Lipinski definition) is 1. The number of hydrogen-bond acceptors (Lipinski definition) is 0. The van der Waals surface area contributed by atoms with Crippen LogP contribution in [0.2, 0.25) is 0 Å². The summed E-state index contributed by atoms with van der Waals surface area (Å²) < 4.78 is 3.15. The summed E-state index contributed by atoms with van der Waals surface area (Å²) in [7, 11) is 0. The molecule has 0 saturated heterocycles. The van der Waals surface area contributed by atoms with Crippen molar-refractivity contribution in [1.82, 2.24) is 4.98 Å². The zero-order valence-electron chi connectivity index (χ0n) is 5.87. The first kappa shape index (κ1) is 8.78. The smallest absolute Gasteiger partial charge is 0.0610 e. The van der Waals surface area contributed by atoms with Crippen LogP contribution in [0, 0.1) is 0 Å². The van der Waals surface area contributed by atoms with Crippen LogP contribution >= 0.6 is 47.8 Å². The predicted molar refractivity (Wildman–Crippen MR) is 61.4 cm³/mol. The van der Waals surface area contributed by atoms with E-state index in [0.29, 0.717) is 0 Å². The number of rotatable bonds is 0. The van der Waals surface area contributed by atoms with Crippen molar-refractivity contribution in [2.24, 2.45) is 0 Å². The van der Waals surface area contributed by atoms with Crippen LogP contribution in [0.3, 0.4) is 0 Å². The first-order chi connectivity index (χ1) is 5.70. The van der Waals surface area contributed by atoms with Crippen LogP contribution in [0.4, 0.5) is 0 Å². The molecule has 1 aromatic heterocycles. The molecule has 1 N–H and O–H groups in total. The average molecular weight is 354 g/mol. The molecule has 1 nitrogen and oxygen atoms in total. The zero-order chi connectivity index (χ0) is 8.72. The minimum absolute atomic E-state index is 1.04. The van der Waals surface area contributed by atoms with Crippen LogP contribution in [-0.2, 0) is 0 Å². The van der Waals surface area contributed by atoms with Crippen molar-refractivity contribution in [3.63, 3.8) is 0 Å². The minimum atomic E-state index is 1.04. The van der Waals surface area contributed by atoms with Crippen LogP contribution < -0.4 is 0 Å². The van der Waals surface area contributed by atoms with Gasteiger partial charge in [0, 0.05) is 20.5 Å². The van der Waals surface area contributed by atoms with Gasteiger partial charge in [-0.3, -0.25) is 0 Å². The van der Waals surface area contributed by atoms with Crippen molar-refractivity contribution in [3.8, 4) is 0 Å². The molecule has 0 unspecified atom stereocenters. The van der Waals surface area contributed by atoms with Crippen molar-refractivity contribution in [3.05, 3.63) is 31.7 Å². The molecule has 0 spiro atoms. The predicted octanol–water partition coefficient (Wildman–Crippen LogP) is 4.46. The first-order valence-corrected chi connectivity index (χ1v) is 5.68. The Kier molecular flexibility index (Phi) is 2.31. The Balaban J connectivity index is 2.94. The van der Waals surface area contributed by atoms with Gasteiger partial charge in [-0.2, -0.15) is 0 Å². The molecule has 2 rings (SSSR count). The lowest BCUT2D eigenvalue weighted by Gasteiger charge is -2.00. The number of benzene rings is 1. The molecule has 0 radical (unpaired) electrons. The SMILES string of the molecule is Brc1cc2cc[nH]c2c(Br)c1Br. The van der Waals surface area contributed by atoms with Gasteiger partial charge in [0.15, 0.2) is 0 Å². The highest BCUT2D eigenvalue weighted by atomic mass is 79.9. The van der Waals surface area contributed by atoms with E-state index >= 15 is 0 Å². The maximum Gasteiger partial charge on any atom is 0.0610 e. The molecule has 0 aliphatic carbocycles. The molecule has 1 heterocycles. The summed E-state index contributed by atoms with van der Waals surface area (Å²) in [6, 6.07) is 4.11. The van der Waals surface area contributed by atoms with Crippen molar-refractivity contribution >= 4 is 58.7 Å². The van der Waals surface area contributed by atoms with Crippen molar-refractivity contribution in [1.29, 1.82) is 0 Å². The Labute approximate surface area is 94.9 Å². The molecule has 4 heteroatoms. The van der Waals surface area contributed by atoms with E-state index in [2.05, 4.69) is 58.8 Å². The van der Waals surface area contributed by atoms with Crippen LogP contribution in [0.1, 0.15) is 0 Å². The largest absolute Gasteiger partial charge is 0.360 e. The van der Waals surface area contributed by atoms with Gasteiger partial charge >= 0.3 is 0 Å². The van der Waals surface area contributed by atoms with Crippen LogP contribution in [0.5, 0.6) is 0 Å². The van der Waals surface area contributed by atoms with Gasteiger partial charge in [-0.1, -0.05) is 0 Å². The molecule has 0 saturated carbocycles. The zero-order valence-corrected chi connectivity index (χ0v) is 10.6. The Morgan fingerprint density at radius 3 is 2.58 bits per heavy atom. The highest BCUT2D eigenvalue weighted by Crippen LogP contribution is 2.36. The normalized spacial score (nSPS) is 10.9. The summed E-state index contributed by atoms with van der Waals surface area (Å²) in [6.45, 7) is 0. The lowest BCUT2D eigenvalue weighted by Crippen LogP contribution is -1.75. The van der Waals surface area contributed by atoms with Gasteiger partial charge in [0.25, 0.3) is 0 Å². The third-order valence-electron chi connectivity index (χ3n) is 1.68. The summed E-state index contributed by atoms with van der Waals surface area (Å²) in [5.41, 5.74) is 1.12. The van der Waals surface area contributed by atoms with Gasteiger partial charge < -0.3 is 4.98 Å². The second kappa shape index (κ2) is 3.16. The van der Waals surface area contributed by atoms with Crippen molar-refractivity contribution in [2.45, 2.75) is 0 Å². The quantitative estimate of drug-likeness (QED) is 0.673. The first-order valence-electron chi connectivity index (χ1n) is 3.30. The minimum Gasteiger partial charge on any atom is -0.360 e. The molecular formula is C8H4Br3N. The number of nitrogens with one attached hydrogen (secondary N) is 1. The van der Waals surface area contributed by atoms with E-state index in [0.717, 1.165) is 18.9 Å². The number of H-pyrrole nitrogens is 1. The summed E-state index contributed by atoms with van der Waals surface area (Å²) >= 11 is 10.4. The third kappa shape index (κ3) is 1.26. The van der Waals surface area contributed by atoms with E-state index in [1.807, 2.05) is 12.3 Å². The second-order valence-corrected chi connectivity index (χ2v) is 4.87. The Morgan fingerprint density at radius 1 is 1.08 bits per heavy atom. The highest BCUT2D eigenvalue weighted by molar-refractivity contribution is 9.14.